The summed E-state index contributed by atoms with van der Waals surface area (Å²) in [5.74, 6) is -2.34. The lowest BCUT2D eigenvalue weighted by Crippen LogP contribution is -2.52. The van der Waals surface area contributed by atoms with Gasteiger partial charge in [0.15, 0.2) is 17.9 Å². The molecule has 3 saturated heterocycles. The highest BCUT2D eigenvalue weighted by molar-refractivity contribution is 6.33. The Bertz CT molecular complexity index is 845. The van der Waals surface area contributed by atoms with Crippen LogP contribution in [0.15, 0.2) is 18.2 Å². The van der Waals surface area contributed by atoms with E-state index in [1.807, 2.05) is 0 Å². The van der Waals surface area contributed by atoms with E-state index in [0.717, 1.165) is 31.7 Å². The van der Waals surface area contributed by atoms with Crippen LogP contribution < -0.4 is 5.32 Å². The summed E-state index contributed by atoms with van der Waals surface area (Å²) in [5, 5.41) is 3.00. The molecule has 5 rings (SSSR count). The molecule has 9 heteroatoms. The first-order valence-electron chi connectivity index (χ1n) is 10.3. The van der Waals surface area contributed by atoms with E-state index in [0.29, 0.717) is 6.61 Å². The SMILES string of the molecule is CC1(C)O[C@H]2O[C@H]([C@H]3COC4(CCCC4)O3)[C@H](NC(=O)c3ccc(F)cc3Cl)[C@H]2O1. The molecule has 5 atom stereocenters. The third kappa shape index (κ3) is 3.63. The molecule has 0 radical (unpaired) electrons. The third-order valence-electron chi connectivity index (χ3n) is 6.17. The maximum Gasteiger partial charge on any atom is 0.253 e. The lowest BCUT2D eigenvalue weighted by atomic mass is 10.0. The van der Waals surface area contributed by atoms with E-state index >= 15 is 0 Å². The van der Waals surface area contributed by atoms with Crippen molar-refractivity contribution in [2.24, 2.45) is 0 Å². The lowest BCUT2D eigenvalue weighted by molar-refractivity contribution is -0.226. The van der Waals surface area contributed by atoms with Crippen molar-refractivity contribution >= 4 is 17.5 Å². The Kier molecular flexibility index (Phi) is 5.08. The molecular formula is C21H25ClFNO6. The summed E-state index contributed by atoms with van der Waals surface area (Å²) in [6, 6.07) is 3.12. The summed E-state index contributed by atoms with van der Waals surface area (Å²) in [6.45, 7) is 3.96. The number of hydrogen-bond acceptors (Lipinski definition) is 6. The largest absolute Gasteiger partial charge is 0.347 e. The number of hydrogen-bond donors (Lipinski definition) is 1. The van der Waals surface area contributed by atoms with Gasteiger partial charge in [0.1, 0.15) is 24.1 Å². The van der Waals surface area contributed by atoms with Crippen molar-refractivity contribution in [1.82, 2.24) is 5.32 Å². The highest BCUT2D eigenvalue weighted by Crippen LogP contribution is 2.44. The van der Waals surface area contributed by atoms with E-state index < -0.39 is 47.8 Å². The molecule has 1 aliphatic carbocycles. The second-order valence-corrected chi connectivity index (χ2v) is 9.18. The quantitative estimate of drug-likeness (QED) is 0.776. The predicted molar refractivity (Wildman–Crippen MR) is 103 cm³/mol. The van der Waals surface area contributed by atoms with Crippen molar-refractivity contribution in [3.05, 3.63) is 34.6 Å². The molecule has 3 heterocycles. The number of ether oxygens (including phenoxy) is 5. The summed E-state index contributed by atoms with van der Waals surface area (Å²) in [6.07, 6.45) is 1.80. The van der Waals surface area contributed by atoms with Gasteiger partial charge in [-0.15, -0.1) is 0 Å². The van der Waals surface area contributed by atoms with Gasteiger partial charge in [-0.25, -0.2) is 4.39 Å². The number of halogens is 2. The second-order valence-electron chi connectivity index (χ2n) is 8.78. The molecule has 0 bridgehead atoms. The van der Waals surface area contributed by atoms with Gasteiger partial charge >= 0.3 is 0 Å². The van der Waals surface area contributed by atoms with E-state index in [1.54, 1.807) is 13.8 Å². The first kappa shape index (κ1) is 20.6. The van der Waals surface area contributed by atoms with Crippen molar-refractivity contribution in [3.8, 4) is 0 Å². The minimum atomic E-state index is -0.837. The number of benzene rings is 1. The van der Waals surface area contributed by atoms with E-state index in [4.69, 9.17) is 35.3 Å². The van der Waals surface area contributed by atoms with Crippen LogP contribution in [0.1, 0.15) is 49.9 Å². The van der Waals surface area contributed by atoms with E-state index in [1.165, 1.54) is 12.1 Å². The minimum absolute atomic E-state index is 0.0359. The topological polar surface area (TPSA) is 75.3 Å². The molecule has 1 spiro atoms. The molecule has 0 aromatic heterocycles. The van der Waals surface area contributed by atoms with Crippen LogP contribution in [0, 0.1) is 5.82 Å². The molecule has 1 amide bonds. The molecule has 7 nitrogen and oxygen atoms in total. The zero-order chi connectivity index (χ0) is 21.1. The van der Waals surface area contributed by atoms with Crippen molar-refractivity contribution in [2.45, 2.75) is 81.7 Å². The molecule has 30 heavy (non-hydrogen) atoms. The van der Waals surface area contributed by atoms with Gasteiger partial charge in [-0.3, -0.25) is 4.79 Å². The van der Waals surface area contributed by atoms with E-state index in [-0.39, 0.29) is 16.7 Å². The van der Waals surface area contributed by atoms with Crippen LogP contribution in [0.4, 0.5) is 4.39 Å². The van der Waals surface area contributed by atoms with Gasteiger partial charge in [0.2, 0.25) is 0 Å². The van der Waals surface area contributed by atoms with Gasteiger partial charge in [-0.1, -0.05) is 11.6 Å². The molecule has 3 aliphatic heterocycles. The smallest absolute Gasteiger partial charge is 0.253 e. The first-order chi connectivity index (χ1) is 14.3. The fourth-order valence-corrected chi connectivity index (χ4v) is 5.09. The molecule has 4 aliphatic rings. The van der Waals surface area contributed by atoms with E-state index in [2.05, 4.69) is 5.32 Å². The average molecular weight is 442 g/mol. The van der Waals surface area contributed by atoms with Gasteiger partial charge in [-0.05, 0) is 44.9 Å². The molecule has 1 saturated carbocycles. The molecule has 164 valence electrons. The Morgan fingerprint density at radius 1 is 1.17 bits per heavy atom. The molecule has 0 unspecified atom stereocenters. The van der Waals surface area contributed by atoms with Crippen LogP contribution >= 0.6 is 11.6 Å². The standard InChI is InChI=1S/C21H25ClFNO6/c1-20(2)29-17-15(24-18(25)12-6-5-11(23)9-13(12)22)16(27-19(17)30-20)14-10-26-21(28-14)7-3-4-8-21/h5-6,9,14-17,19H,3-4,7-8,10H2,1-2H3,(H,24,25)/t14-,15+,16-,17-,19-/m1/s1. The number of nitrogens with one attached hydrogen (secondary N) is 1. The fourth-order valence-electron chi connectivity index (χ4n) is 4.83. The number of rotatable bonds is 3. The van der Waals surface area contributed by atoms with Crippen molar-refractivity contribution in [1.29, 1.82) is 0 Å². The summed E-state index contributed by atoms with van der Waals surface area (Å²) in [4.78, 5) is 13.0. The highest BCUT2D eigenvalue weighted by atomic mass is 35.5. The van der Waals surface area contributed by atoms with Crippen molar-refractivity contribution in [3.63, 3.8) is 0 Å². The molecule has 1 aromatic rings. The number of fused-ring (bicyclic) bond motifs is 1. The van der Waals surface area contributed by atoms with Crippen LogP contribution in [-0.4, -0.2) is 54.7 Å². The van der Waals surface area contributed by atoms with Gasteiger partial charge in [0.25, 0.3) is 5.91 Å². The van der Waals surface area contributed by atoms with Gasteiger partial charge in [0.05, 0.1) is 23.2 Å². The fraction of sp³-hybridized carbons (Fsp3) is 0.667. The van der Waals surface area contributed by atoms with Crippen LogP contribution in [0.25, 0.3) is 0 Å². The summed E-state index contributed by atoms with van der Waals surface area (Å²) >= 11 is 6.08. The summed E-state index contributed by atoms with van der Waals surface area (Å²) < 4.78 is 43.7. The Labute approximate surface area is 179 Å². The maximum atomic E-state index is 13.4. The molecule has 1 N–H and O–H groups in total. The maximum absolute atomic E-state index is 13.4. The average Bonchev–Trinajstić information content (AvgIpc) is 3.42. The zero-order valence-corrected chi connectivity index (χ0v) is 17.6. The number of amides is 1. The van der Waals surface area contributed by atoms with Crippen LogP contribution in [0.2, 0.25) is 5.02 Å². The Balaban J connectivity index is 1.38. The Morgan fingerprint density at radius 3 is 2.67 bits per heavy atom. The summed E-state index contributed by atoms with van der Waals surface area (Å²) in [7, 11) is 0. The van der Waals surface area contributed by atoms with Gasteiger partial charge < -0.3 is 29.0 Å². The zero-order valence-electron chi connectivity index (χ0n) is 16.9. The minimum Gasteiger partial charge on any atom is -0.347 e. The predicted octanol–water partition coefficient (Wildman–Crippen LogP) is 3.14. The normalized spacial score (nSPS) is 36.3. The molecular weight excluding hydrogens is 417 g/mol. The van der Waals surface area contributed by atoms with Crippen molar-refractivity contribution < 1.29 is 32.9 Å². The first-order valence-corrected chi connectivity index (χ1v) is 10.7. The number of carbonyl (C=O) groups is 1. The molecule has 1 aromatic carbocycles. The van der Waals surface area contributed by atoms with Gasteiger partial charge in [-0.2, -0.15) is 0 Å². The highest BCUT2D eigenvalue weighted by Gasteiger charge is 2.59. The number of carbonyl (C=O) groups excluding carboxylic acids is 1. The van der Waals surface area contributed by atoms with Crippen LogP contribution in [0.3, 0.4) is 0 Å². The van der Waals surface area contributed by atoms with Crippen molar-refractivity contribution in [2.75, 3.05) is 6.61 Å². The van der Waals surface area contributed by atoms with E-state index in [9.17, 15) is 9.18 Å². The summed E-state index contributed by atoms with van der Waals surface area (Å²) in [5.41, 5.74) is 0.175. The Hall–Kier alpha value is -1.29. The monoisotopic (exact) mass is 441 g/mol. The van der Waals surface area contributed by atoms with Crippen LogP contribution in [0.5, 0.6) is 0 Å². The second kappa shape index (κ2) is 7.39. The molecule has 4 fully saturated rings. The lowest BCUT2D eigenvalue weighted by Gasteiger charge is -2.30. The third-order valence-corrected chi connectivity index (χ3v) is 6.48. The Morgan fingerprint density at radius 2 is 1.93 bits per heavy atom. The van der Waals surface area contributed by atoms with Gasteiger partial charge in [0, 0.05) is 12.8 Å². The van der Waals surface area contributed by atoms with Crippen LogP contribution in [-0.2, 0) is 23.7 Å².